The molecule has 1 aliphatic carbocycles. The van der Waals surface area contributed by atoms with Crippen molar-refractivity contribution >= 4 is 11.9 Å². The third-order valence-electron chi connectivity index (χ3n) is 3.17. The number of carbonyl (C=O) groups excluding carboxylic acids is 2. The quantitative estimate of drug-likeness (QED) is 0.798. The highest BCUT2D eigenvalue weighted by Crippen LogP contribution is 2.19. The van der Waals surface area contributed by atoms with Crippen molar-refractivity contribution in [3.05, 3.63) is 35.9 Å². The minimum absolute atomic E-state index is 0.132. The van der Waals surface area contributed by atoms with Gasteiger partial charge in [0.05, 0.1) is 0 Å². The molecule has 1 aromatic carbocycles. The summed E-state index contributed by atoms with van der Waals surface area (Å²) < 4.78 is 9.84. The van der Waals surface area contributed by atoms with Gasteiger partial charge in [-0.15, -0.1) is 0 Å². The first-order valence-corrected chi connectivity index (χ1v) is 7.42. The molecule has 0 bridgehead atoms. The van der Waals surface area contributed by atoms with Crippen LogP contribution in [-0.4, -0.2) is 18.0 Å². The summed E-state index contributed by atoms with van der Waals surface area (Å²) in [5.74, 6) is -0.374. The van der Waals surface area contributed by atoms with E-state index in [1.165, 1.54) is 33.1 Å². The minimum atomic E-state index is -0.242. The molecule has 0 unspecified atom stereocenters. The lowest BCUT2D eigenvalue weighted by Crippen LogP contribution is -2.18. The summed E-state index contributed by atoms with van der Waals surface area (Å²) in [5.41, 5.74) is 1.02. The van der Waals surface area contributed by atoms with Crippen molar-refractivity contribution in [1.29, 1.82) is 0 Å². The van der Waals surface area contributed by atoms with E-state index in [1.54, 1.807) is 0 Å². The van der Waals surface area contributed by atoms with Crippen LogP contribution in [0.3, 0.4) is 0 Å². The first-order valence-electron chi connectivity index (χ1n) is 7.42. The molecule has 0 saturated heterocycles. The Labute approximate surface area is 126 Å². The van der Waals surface area contributed by atoms with E-state index < -0.39 is 0 Å². The molecular formula is C17H24O4. The van der Waals surface area contributed by atoms with E-state index in [9.17, 15) is 9.59 Å². The number of benzene rings is 1. The highest BCUT2D eigenvalue weighted by atomic mass is 16.5. The predicted molar refractivity (Wildman–Crippen MR) is 80.6 cm³/mol. The Hall–Kier alpha value is -1.84. The minimum Gasteiger partial charge on any atom is -0.463 e. The Kier molecular flexibility index (Phi) is 8.17. The van der Waals surface area contributed by atoms with Gasteiger partial charge in [-0.05, 0) is 31.2 Å². The predicted octanol–water partition coefficient (Wildman–Crippen LogP) is 3.63. The summed E-state index contributed by atoms with van der Waals surface area (Å²) in [5, 5.41) is 0. The van der Waals surface area contributed by atoms with Gasteiger partial charge in [-0.2, -0.15) is 0 Å². The van der Waals surface area contributed by atoms with Crippen LogP contribution in [0.2, 0.25) is 0 Å². The second kappa shape index (κ2) is 9.97. The topological polar surface area (TPSA) is 52.6 Å². The van der Waals surface area contributed by atoms with E-state index in [2.05, 4.69) is 0 Å². The van der Waals surface area contributed by atoms with E-state index >= 15 is 0 Å². The Morgan fingerprint density at radius 3 is 2.14 bits per heavy atom. The molecule has 0 aliphatic heterocycles. The molecule has 0 aromatic heterocycles. The van der Waals surface area contributed by atoms with Crippen LogP contribution in [0.1, 0.15) is 51.5 Å². The van der Waals surface area contributed by atoms with Gasteiger partial charge in [0.2, 0.25) is 0 Å². The normalized spacial score (nSPS) is 14.6. The molecular weight excluding hydrogens is 268 g/mol. The molecule has 0 heterocycles. The highest BCUT2D eigenvalue weighted by Gasteiger charge is 2.14. The van der Waals surface area contributed by atoms with Crippen molar-refractivity contribution in [3.8, 4) is 0 Å². The van der Waals surface area contributed by atoms with E-state index in [-0.39, 0.29) is 18.0 Å². The van der Waals surface area contributed by atoms with Gasteiger partial charge in [0.1, 0.15) is 12.7 Å². The molecule has 0 amide bonds. The maximum absolute atomic E-state index is 10.5. The summed E-state index contributed by atoms with van der Waals surface area (Å²) >= 11 is 0. The van der Waals surface area contributed by atoms with Crippen LogP contribution in [0.15, 0.2) is 30.3 Å². The number of hydrogen-bond donors (Lipinski definition) is 0. The molecule has 0 N–H and O–H groups in total. The molecule has 21 heavy (non-hydrogen) atoms. The first-order chi connectivity index (χ1) is 10.1. The highest BCUT2D eigenvalue weighted by molar-refractivity contribution is 5.66. The van der Waals surface area contributed by atoms with Gasteiger partial charge in [-0.3, -0.25) is 9.59 Å². The van der Waals surface area contributed by atoms with Gasteiger partial charge >= 0.3 is 11.9 Å². The fourth-order valence-electron chi connectivity index (χ4n) is 2.18. The van der Waals surface area contributed by atoms with Crippen molar-refractivity contribution in [2.24, 2.45) is 0 Å². The number of hydrogen-bond acceptors (Lipinski definition) is 4. The Balaban J connectivity index is 0.000000211. The van der Waals surface area contributed by atoms with Crippen molar-refractivity contribution < 1.29 is 19.1 Å². The van der Waals surface area contributed by atoms with Crippen molar-refractivity contribution in [2.45, 2.75) is 58.7 Å². The molecule has 0 atom stereocenters. The second-order valence-electron chi connectivity index (χ2n) is 5.14. The van der Waals surface area contributed by atoms with Crippen LogP contribution in [0.5, 0.6) is 0 Å². The summed E-state index contributed by atoms with van der Waals surface area (Å²) in [6, 6.07) is 9.60. The molecule has 1 aromatic rings. The Morgan fingerprint density at radius 2 is 1.62 bits per heavy atom. The molecule has 0 radical (unpaired) electrons. The van der Waals surface area contributed by atoms with Gasteiger partial charge in [0, 0.05) is 13.8 Å². The average molecular weight is 292 g/mol. The smallest absolute Gasteiger partial charge is 0.302 e. The number of esters is 2. The fraction of sp³-hybridized carbons (Fsp3) is 0.529. The third-order valence-corrected chi connectivity index (χ3v) is 3.17. The molecule has 4 nitrogen and oxygen atoms in total. The number of ether oxygens (including phenoxy) is 2. The van der Waals surface area contributed by atoms with Crippen molar-refractivity contribution in [3.63, 3.8) is 0 Å². The largest absolute Gasteiger partial charge is 0.463 e. The van der Waals surface area contributed by atoms with E-state index in [1.807, 2.05) is 30.3 Å². The zero-order valence-corrected chi connectivity index (χ0v) is 12.8. The second-order valence-corrected chi connectivity index (χ2v) is 5.14. The molecule has 0 spiro atoms. The third kappa shape index (κ3) is 8.84. The Morgan fingerprint density at radius 1 is 1.00 bits per heavy atom. The summed E-state index contributed by atoms with van der Waals surface area (Å²) in [7, 11) is 0. The van der Waals surface area contributed by atoms with Gasteiger partial charge < -0.3 is 9.47 Å². The molecule has 1 aliphatic rings. The van der Waals surface area contributed by atoms with Crippen LogP contribution in [0.4, 0.5) is 0 Å². The lowest BCUT2D eigenvalue weighted by molar-refractivity contribution is -0.147. The molecule has 1 fully saturated rings. The molecule has 2 rings (SSSR count). The van der Waals surface area contributed by atoms with E-state index in [4.69, 9.17) is 9.47 Å². The van der Waals surface area contributed by atoms with Crippen LogP contribution in [0, 0.1) is 0 Å². The van der Waals surface area contributed by atoms with E-state index in [0.29, 0.717) is 6.61 Å². The molecule has 4 heteroatoms. The van der Waals surface area contributed by atoms with Gasteiger partial charge in [0.15, 0.2) is 0 Å². The lowest BCUT2D eigenvalue weighted by Gasteiger charge is -2.20. The Bertz CT molecular complexity index is 422. The molecule has 1 saturated carbocycles. The average Bonchev–Trinajstić information content (AvgIpc) is 2.47. The summed E-state index contributed by atoms with van der Waals surface area (Å²) in [6.07, 6.45) is 6.11. The van der Waals surface area contributed by atoms with Crippen LogP contribution < -0.4 is 0 Å². The van der Waals surface area contributed by atoms with E-state index in [0.717, 1.165) is 18.4 Å². The monoisotopic (exact) mass is 292 g/mol. The van der Waals surface area contributed by atoms with Crippen molar-refractivity contribution in [1.82, 2.24) is 0 Å². The zero-order valence-electron chi connectivity index (χ0n) is 12.8. The number of carbonyl (C=O) groups is 2. The van der Waals surface area contributed by atoms with Crippen molar-refractivity contribution in [2.75, 3.05) is 0 Å². The maximum atomic E-state index is 10.5. The van der Waals surface area contributed by atoms with Gasteiger partial charge in [-0.25, -0.2) is 0 Å². The summed E-state index contributed by atoms with van der Waals surface area (Å²) in [4.78, 5) is 20.9. The lowest BCUT2D eigenvalue weighted by atomic mass is 9.98. The zero-order chi connectivity index (χ0) is 15.5. The van der Waals surface area contributed by atoms with Crippen LogP contribution in [0.25, 0.3) is 0 Å². The number of rotatable bonds is 3. The first kappa shape index (κ1) is 17.2. The van der Waals surface area contributed by atoms with Gasteiger partial charge in [-0.1, -0.05) is 36.8 Å². The summed E-state index contributed by atoms with van der Waals surface area (Å²) in [6.45, 7) is 3.26. The standard InChI is InChI=1S/C9H10O2.C8H14O2/c1-8(10)11-7-9-5-3-2-4-6-9;1-7(9)10-8-5-3-2-4-6-8/h2-6H,7H2,1H3;8H,2-6H2,1H3. The van der Waals surface area contributed by atoms with Gasteiger partial charge in [0.25, 0.3) is 0 Å². The van der Waals surface area contributed by atoms with Crippen LogP contribution in [-0.2, 0) is 25.7 Å². The van der Waals surface area contributed by atoms with Crippen LogP contribution >= 0.6 is 0 Å². The molecule has 116 valence electrons. The maximum Gasteiger partial charge on any atom is 0.302 e. The SMILES string of the molecule is CC(=O)OC1CCCCC1.CC(=O)OCc1ccccc1. The fourth-order valence-corrected chi connectivity index (χ4v) is 2.18.